The second-order valence-electron chi connectivity index (χ2n) is 5.20. The molecule has 0 spiro atoms. The Morgan fingerprint density at radius 3 is 2.45 bits per heavy atom. The number of hydrogen-bond donors (Lipinski definition) is 0. The lowest BCUT2D eigenvalue weighted by atomic mass is 9.86. The van der Waals surface area contributed by atoms with Gasteiger partial charge in [0.1, 0.15) is 5.75 Å². The molecule has 1 aromatic rings. The summed E-state index contributed by atoms with van der Waals surface area (Å²) in [6.45, 7) is 4.93. The number of carbonyl (C=O) groups is 1. The van der Waals surface area contributed by atoms with Crippen LogP contribution < -0.4 is 4.74 Å². The zero-order valence-electron chi connectivity index (χ0n) is 11.6. The first kappa shape index (κ1) is 16.9. The summed E-state index contributed by atoms with van der Waals surface area (Å²) < 4.78 is 31.4. The highest BCUT2D eigenvalue weighted by molar-refractivity contribution is 8.09. The number of ether oxygens (including phenoxy) is 1. The molecule has 0 atom stereocenters. The average molecular weight is 321 g/mol. The summed E-state index contributed by atoms with van der Waals surface area (Å²) in [5.74, 6) is 0.0525. The second kappa shape index (κ2) is 6.56. The minimum atomic E-state index is -3.99. The van der Waals surface area contributed by atoms with Gasteiger partial charge in [0.25, 0.3) is 0 Å². The summed E-state index contributed by atoms with van der Waals surface area (Å²) in [6.07, 6.45) is 0.475. The van der Waals surface area contributed by atoms with Crippen LogP contribution in [0.3, 0.4) is 0 Å². The number of carbonyl (C=O) groups excluding carboxylic acids is 1. The van der Waals surface area contributed by atoms with Crippen LogP contribution in [0.25, 0.3) is 0 Å². The Morgan fingerprint density at radius 2 is 1.90 bits per heavy atom. The van der Waals surface area contributed by atoms with E-state index in [4.69, 9.17) is 15.4 Å². The third-order valence-corrected chi connectivity index (χ3v) is 3.15. The van der Waals surface area contributed by atoms with Crippen molar-refractivity contribution in [2.75, 3.05) is 6.61 Å². The van der Waals surface area contributed by atoms with E-state index in [1.165, 1.54) is 6.92 Å². The SMILES string of the molecule is CC(=O)Oc1ccccc1CC(C)(C)COS(=O)(=O)Cl. The van der Waals surface area contributed by atoms with Crippen molar-refractivity contribution in [3.05, 3.63) is 29.8 Å². The lowest BCUT2D eigenvalue weighted by molar-refractivity contribution is -0.131. The molecular formula is C13H17ClO5S. The zero-order valence-corrected chi connectivity index (χ0v) is 13.1. The number of benzene rings is 1. The van der Waals surface area contributed by atoms with Gasteiger partial charge < -0.3 is 4.74 Å². The Labute approximate surface area is 123 Å². The maximum absolute atomic E-state index is 11.0. The van der Waals surface area contributed by atoms with Crippen LogP contribution in [0.1, 0.15) is 26.3 Å². The molecule has 0 unspecified atom stereocenters. The molecule has 0 radical (unpaired) electrons. The van der Waals surface area contributed by atoms with Gasteiger partial charge in [-0.25, -0.2) is 0 Å². The van der Waals surface area contributed by atoms with Gasteiger partial charge in [0.15, 0.2) is 0 Å². The van der Waals surface area contributed by atoms with E-state index in [-0.39, 0.29) is 6.61 Å². The van der Waals surface area contributed by atoms with E-state index < -0.39 is 20.7 Å². The van der Waals surface area contributed by atoms with Crippen LogP contribution in [0.4, 0.5) is 0 Å². The molecule has 0 heterocycles. The van der Waals surface area contributed by atoms with E-state index in [2.05, 4.69) is 4.18 Å². The van der Waals surface area contributed by atoms with Crippen molar-refractivity contribution in [3.8, 4) is 5.75 Å². The van der Waals surface area contributed by atoms with Crippen molar-refractivity contribution in [3.63, 3.8) is 0 Å². The minimum Gasteiger partial charge on any atom is -0.426 e. The molecule has 0 bridgehead atoms. The molecule has 1 aromatic carbocycles. The molecule has 7 heteroatoms. The molecule has 112 valence electrons. The average Bonchev–Trinajstić information content (AvgIpc) is 2.28. The summed E-state index contributed by atoms with van der Waals surface area (Å²) in [6, 6.07) is 7.08. The van der Waals surface area contributed by atoms with Gasteiger partial charge in [0.05, 0.1) is 6.61 Å². The molecule has 0 N–H and O–H groups in total. The van der Waals surface area contributed by atoms with Crippen LogP contribution in [0, 0.1) is 5.41 Å². The minimum absolute atomic E-state index is 0.0623. The normalized spacial score (nSPS) is 12.2. The molecule has 0 amide bonds. The summed E-state index contributed by atoms with van der Waals surface area (Å²) in [4.78, 5) is 11.0. The maximum Gasteiger partial charge on any atom is 0.355 e. The number of halogens is 1. The monoisotopic (exact) mass is 320 g/mol. The fourth-order valence-electron chi connectivity index (χ4n) is 1.70. The lowest BCUT2D eigenvalue weighted by Crippen LogP contribution is -2.23. The van der Waals surface area contributed by atoms with Gasteiger partial charge in [0, 0.05) is 17.6 Å². The van der Waals surface area contributed by atoms with E-state index in [1.807, 2.05) is 26.0 Å². The molecule has 20 heavy (non-hydrogen) atoms. The molecule has 0 fully saturated rings. The number of rotatable bonds is 6. The Morgan fingerprint density at radius 1 is 1.30 bits per heavy atom. The van der Waals surface area contributed by atoms with Crippen molar-refractivity contribution in [1.29, 1.82) is 0 Å². The van der Waals surface area contributed by atoms with Gasteiger partial charge in [-0.05, 0) is 23.5 Å². The first-order valence-electron chi connectivity index (χ1n) is 5.94. The van der Waals surface area contributed by atoms with Crippen LogP contribution in [-0.4, -0.2) is 21.0 Å². The van der Waals surface area contributed by atoms with Gasteiger partial charge in [-0.2, -0.15) is 8.42 Å². The third-order valence-electron chi connectivity index (χ3n) is 2.49. The molecule has 0 aliphatic rings. The quantitative estimate of drug-likeness (QED) is 0.458. The maximum atomic E-state index is 11.0. The largest absolute Gasteiger partial charge is 0.426 e. The van der Waals surface area contributed by atoms with Gasteiger partial charge in [-0.3, -0.25) is 8.98 Å². The number of esters is 1. The highest BCUT2D eigenvalue weighted by Crippen LogP contribution is 2.29. The first-order valence-corrected chi connectivity index (χ1v) is 8.18. The van der Waals surface area contributed by atoms with Gasteiger partial charge in [-0.15, -0.1) is 0 Å². The summed E-state index contributed by atoms with van der Waals surface area (Å²) in [7, 11) is 1.03. The highest BCUT2D eigenvalue weighted by Gasteiger charge is 2.24. The highest BCUT2D eigenvalue weighted by atomic mass is 35.7. The summed E-state index contributed by atoms with van der Waals surface area (Å²) >= 11 is 0. The van der Waals surface area contributed by atoms with Crippen LogP contribution in [0.15, 0.2) is 24.3 Å². The molecule has 1 rings (SSSR count). The topological polar surface area (TPSA) is 69.7 Å². The zero-order chi connectivity index (χ0) is 15.4. The second-order valence-corrected chi connectivity index (χ2v) is 7.35. The molecule has 0 saturated heterocycles. The van der Waals surface area contributed by atoms with Crippen molar-refractivity contribution in [1.82, 2.24) is 0 Å². The fourth-order valence-corrected chi connectivity index (χ4v) is 2.29. The lowest BCUT2D eigenvalue weighted by Gasteiger charge is -2.24. The molecule has 0 saturated carbocycles. The molecular weight excluding hydrogens is 304 g/mol. The predicted octanol–water partition coefficient (Wildman–Crippen LogP) is 2.68. The van der Waals surface area contributed by atoms with E-state index in [0.29, 0.717) is 12.2 Å². The first-order chi connectivity index (χ1) is 9.09. The van der Waals surface area contributed by atoms with Crippen LogP contribution in [0.2, 0.25) is 0 Å². The molecule has 0 aliphatic carbocycles. The summed E-state index contributed by atoms with van der Waals surface area (Å²) in [5.41, 5.74) is 0.307. The number of hydrogen-bond acceptors (Lipinski definition) is 5. The molecule has 0 aromatic heterocycles. The van der Waals surface area contributed by atoms with Gasteiger partial charge in [0.2, 0.25) is 0 Å². The smallest absolute Gasteiger partial charge is 0.355 e. The van der Waals surface area contributed by atoms with Crippen LogP contribution >= 0.6 is 10.7 Å². The Bertz CT molecular complexity index is 580. The predicted molar refractivity (Wildman–Crippen MR) is 76.0 cm³/mol. The van der Waals surface area contributed by atoms with Gasteiger partial charge >= 0.3 is 15.3 Å². The Hall–Kier alpha value is -1.11. The fraction of sp³-hybridized carbons (Fsp3) is 0.462. The van der Waals surface area contributed by atoms with E-state index in [0.717, 1.165) is 5.56 Å². The van der Waals surface area contributed by atoms with E-state index in [9.17, 15) is 13.2 Å². The van der Waals surface area contributed by atoms with E-state index >= 15 is 0 Å². The van der Waals surface area contributed by atoms with Crippen LogP contribution in [-0.2, 0) is 24.7 Å². The van der Waals surface area contributed by atoms with Crippen molar-refractivity contribution in [2.24, 2.45) is 5.41 Å². The number of para-hydroxylation sites is 1. The van der Waals surface area contributed by atoms with Crippen molar-refractivity contribution < 1.29 is 22.1 Å². The van der Waals surface area contributed by atoms with E-state index in [1.54, 1.807) is 12.1 Å². The van der Waals surface area contributed by atoms with Gasteiger partial charge in [-0.1, -0.05) is 32.0 Å². The molecule has 5 nitrogen and oxygen atoms in total. The van der Waals surface area contributed by atoms with Crippen molar-refractivity contribution in [2.45, 2.75) is 27.2 Å². The van der Waals surface area contributed by atoms with Crippen LogP contribution in [0.5, 0.6) is 5.75 Å². The third kappa shape index (κ3) is 6.36. The molecule has 0 aliphatic heterocycles. The van der Waals surface area contributed by atoms with Crippen molar-refractivity contribution >= 4 is 26.0 Å². The standard InChI is InChI=1S/C13H17ClO5S/c1-10(15)19-12-7-5-4-6-11(12)8-13(2,3)9-18-20(14,16)17/h4-7H,8-9H2,1-3H3. The summed E-state index contributed by atoms with van der Waals surface area (Å²) in [5, 5.41) is 0. The Kier molecular flexibility index (Phi) is 5.56. The Balaban J connectivity index is 2.83.